The van der Waals surface area contributed by atoms with Gasteiger partial charge in [-0.25, -0.2) is 17.6 Å². The summed E-state index contributed by atoms with van der Waals surface area (Å²) in [6, 6.07) is 49.3. The van der Waals surface area contributed by atoms with Crippen LogP contribution in [0.15, 0.2) is 158 Å². The van der Waals surface area contributed by atoms with Gasteiger partial charge in [0.25, 0.3) is 0 Å². The molecule has 8 heteroatoms. The minimum atomic E-state index is -1.72. The van der Waals surface area contributed by atoms with Crippen molar-refractivity contribution >= 4 is 93.0 Å². The summed E-state index contributed by atoms with van der Waals surface area (Å²) in [5.74, 6) is -2.18. The molecular weight excluding hydrogens is 905 g/mol. The molecule has 0 aromatic heterocycles. The fraction of sp³-hybridized carbons (Fsp3) is 0.161. The highest BCUT2D eigenvalue weighted by atomic mass is 28.3. The highest BCUT2D eigenvalue weighted by Gasteiger charge is 2.28. The third kappa shape index (κ3) is 8.06. The van der Waals surface area contributed by atoms with Gasteiger partial charge in [0.15, 0.2) is 0 Å². The van der Waals surface area contributed by atoms with Crippen LogP contribution in [0, 0.1) is 51.0 Å². The van der Waals surface area contributed by atoms with Crippen molar-refractivity contribution in [3.63, 3.8) is 0 Å². The van der Waals surface area contributed by atoms with Crippen LogP contribution in [0.3, 0.4) is 0 Å². The molecule has 0 amide bonds. The van der Waals surface area contributed by atoms with E-state index in [0.29, 0.717) is 33.9 Å². The van der Waals surface area contributed by atoms with Crippen LogP contribution in [0.25, 0.3) is 54.6 Å². The largest absolute Gasteiger partial charge is 0.307 e. The molecular formula is C62H56F4N2Si2. The molecule has 0 atom stereocenters. The molecule has 350 valence electrons. The average molecular weight is 961 g/mol. The molecule has 0 fully saturated rings. The van der Waals surface area contributed by atoms with Gasteiger partial charge in [0, 0.05) is 45.4 Å². The number of nitrogens with zero attached hydrogens (tertiary/aromatic N) is 2. The summed E-state index contributed by atoms with van der Waals surface area (Å²) in [5.41, 5.74) is 8.34. The Balaban J connectivity index is 1.21. The first-order valence-electron chi connectivity index (χ1n) is 23.9. The van der Waals surface area contributed by atoms with Gasteiger partial charge in [0.1, 0.15) is 23.3 Å². The topological polar surface area (TPSA) is 6.48 Å². The number of benzene rings is 10. The van der Waals surface area contributed by atoms with Crippen LogP contribution in [0.4, 0.5) is 51.7 Å². The molecule has 0 aliphatic rings. The van der Waals surface area contributed by atoms with Gasteiger partial charge in [0.05, 0.1) is 38.9 Å². The third-order valence-electron chi connectivity index (χ3n) is 14.4. The Kier molecular flexibility index (Phi) is 11.6. The first-order valence-corrected chi connectivity index (χ1v) is 30.9. The lowest BCUT2D eigenvalue weighted by Crippen LogP contribution is -2.37. The Hall–Kier alpha value is -7.01. The zero-order chi connectivity index (χ0) is 49.6. The Morgan fingerprint density at radius 2 is 0.700 bits per heavy atom. The third-order valence-corrected chi connectivity index (χ3v) is 18.6. The highest BCUT2D eigenvalue weighted by molar-refractivity contribution is 6.89. The lowest BCUT2D eigenvalue weighted by Gasteiger charge is -2.30. The predicted molar refractivity (Wildman–Crippen MR) is 295 cm³/mol. The standard InChI is InChI=1S/C62H56F4N2Si2/c1-37-13-11-15-47(39(37)3)51-33-55(65)59(35-53(51)63)67(43-21-25-45(26-22-43)69(5,6)7)57-31-19-41-18-30-50-58(32-20-42-17-29-49(57)61(41)62(42)50)68(44-23-27-46(28-24-44)70(8,9)10)60-36-54(64)52(34-56(60)66)48-16-12-14-38(2)40(48)4/h11-36H,1-10H3. The second kappa shape index (κ2) is 17.4. The van der Waals surface area contributed by atoms with Gasteiger partial charge in [-0.2, -0.15) is 0 Å². The van der Waals surface area contributed by atoms with Crippen molar-refractivity contribution < 1.29 is 17.6 Å². The summed E-state index contributed by atoms with van der Waals surface area (Å²) in [4.78, 5) is 3.66. The van der Waals surface area contributed by atoms with E-state index >= 15 is 17.6 Å². The Labute approximate surface area is 410 Å². The van der Waals surface area contributed by atoms with Crippen LogP contribution < -0.4 is 20.2 Å². The van der Waals surface area contributed by atoms with E-state index in [1.54, 1.807) is 0 Å². The van der Waals surface area contributed by atoms with E-state index in [4.69, 9.17) is 0 Å². The minimum absolute atomic E-state index is 0.0813. The first kappa shape index (κ1) is 46.7. The molecule has 70 heavy (non-hydrogen) atoms. The molecule has 0 heterocycles. The van der Waals surface area contributed by atoms with Crippen LogP contribution in [-0.2, 0) is 0 Å². The van der Waals surface area contributed by atoms with E-state index in [-0.39, 0.29) is 22.5 Å². The van der Waals surface area contributed by atoms with Gasteiger partial charge in [-0.3, -0.25) is 0 Å². The molecule has 0 aliphatic heterocycles. The molecule has 0 spiro atoms. The number of hydrogen-bond donors (Lipinski definition) is 0. The molecule has 0 N–H and O–H groups in total. The number of hydrogen-bond acceptors (Lipinski definition) is 2. The lowest BCUT2D eigenvalue weighted by molar-refractivity contribution is 0.604. The Bertz CT molecular complexity index is 3420. The molecule has 2 nitrogen and oxygen atoms in total. The van der Waals surface area contributed by atoms with Crippen LogP contribution >= 0.6 is 0 Å². The SMILES string of the molecule is Cc1cccc(-c2cc(F)c(N(c3ccc([Si](C)(C)C)cc3)c3ccc4ccc5c(N(c6ccc([Si](C)(C)C)cc6)c6cc(F)c(-c7cccc(C)c7C)cc6F)ccc6ccc3c4c65)cc2F)c1C. The minimum Gasteiger partial charge on any atom is -0.307 e. The summed E-state index contributed by atoms with van der Waals surface area (Å²) in [5, 5.41) is 7.85. The first-order chi connectivity index (χ1) is 33.3. The second-order valence-corrected chi connectivity index (χ2v) is 31.1. The van der Waals surface area contributed by atoms with E-state index < -0.39 is 39.4 Å². The van der Waals surface area contributed by atoms with Crippen LogP contribution in [-0.4, -0.2) is 16.1 Å². The van der Waals surface area contributed by atoms with E-state index in [2.05, 4.69) is 87.8 Å². The van der Waals surface area contributed by atoms with Crippen LogP contribution in [0.5, 0.6) is 0 Å². The molecule has 0 aliphatic carbocycles. The Morgan fingerprint density at radius 1 is 0.343 bits per heavy atom. The zero-order valence-electron chi connectivity index (χ0n) is 41.4. The summed E-state index contributed by atoms with van der Waals surface area (Å²) < 4.78 is 67.7. The van der Waals surface area contributed by atoms with Gasteiger partial charge in [-0.15, -0.1) is 0 Å². The van der Waals surface area contributed by atoms with Crippen molar-refractivity contribution in [2.75, 3.05) is 9.80 Å². The molecule has 10 aromatic carbocycles. The van der Waals surface area contributed by atoms with E-state index in [1.807, 2.05) is 122 Å². The molecule has 10 aromatic rings. The molecule has 0 saturated carbocycles. The van der Waals surface area contributed by atoms with Gasteiger partial charge < -0.3 is 9.80 Å². The fourth-order valence-electron chi connectivity index (χ4n) is 10.1. The molecule has 10 rings (SSSR count). The van der Waals surface area contributed by atoms with Crippen molar-refractivity contribution in [2.24, 2.45) is 0 Å². The van der Waals surface area contributed by atoms with E-state index in [9.17, 15) is 0 Å². The number of anilines is 6. The van der Waals surface area contributed by atoms with Crippen molar-refractivity contribution in [3.8, 4) is 22.3 Å². The fourth-order valence-corrected chi connectivity index (χ4v) is 12.4. The maximum Gasteiger partial charge on any atom is 0.148 e. The van der Waals surface area contributed by atoms with Crippen molar-refractivity contribution in [2.45, 2.75) is 67.0 Å². The van der Waals surface area contributed by atoms with E-state index in [0.717, 1.165) is 54.6 Å². The van der Waals surface area contributed by atoms with Gasteiger partial charge in [0.2, 0.25) is 0 Å². The number of aryl methyl sites for hydroxylation is 2. The van der Waals surface area contributed by atoms with Gasteiger partial charge >= 0.3 is 0 Å². The van der Waals surface area contributed by atoms with E-state index in [1.165, 1.54) is 34.6 Å². The maximum atomic E-state index is 17.1. The molecule has 0 bridgehead atoms. The number of rotatable bonds is 10. The molecule has 0 unspecified atom stereocenters. The summed E-state index contributed by atoms with van der Waals surface area (Å²) >= 11 is 0. The highest BCUT2D eigenvalue weighted by Crippen LogP contribution is 2.49. The van der Waals surface area contributed by atoms with Crippen molar-refractivity contribution in [1.29, 1.82) is 0 Å². The van der Waals surface area contributed by atoms with Gasteiger partial charge in [-0.05, 0) is 131 Å². The normalized spacial score (nSPS) is 12.1. The van der Waals surface area contributed by atoms with Crippen molar-refractivity contribution in [3.05, 3.63) is 203 Å². The predicted octanol–water partition coefficient (Wildman–Crippen LogP) is 17.7. The average Bonchev–Trinajstić information content (AvgIpc) is 3.32. The summed E-state index contributed by atoms with van der Waals surface area (Å²) in [6.45, 7) is 21.5. The monoisotopic (exact) mass is 960 g/mol. The lowest BCUT2D eigenvalue weighted by atomic mass is 9.91. The number of halogens is 4. The Morgan fingerprint density at radius 3 is 1.06 bits per heavy atom. The van der Waals surface area contributed by atoms with Crippen molar-refractivity contribution in [1.82, 2.24) is 0 Å². The smallest absolute Gasteiger partial charge is 0.148 e. The second-order valence-electron chi connectivity index (χ2n) is 20.9. The quantitative estimate of drug-likeness (QED) is 0.0766. The molecule has 0 radical (unpaired) electrons. The summed E-state index contributed by atoms with van der Waals surface area (Å²) in [7, 11) is -3.43. The molecule has 0 saturated heterocycles. The maximum absolute atomic E-state index is 17.1. The zero-order valence-corrected chi connectivity index (χ0v) is 43.4. The summed E-state index contributed by atoms with van der Waals surface area (Å²) in [6.07, 6.45) is 0. The van der Waals surface area contributed by atoms with Crippen LogP contribution in [0.2, 0.25) is 39.3 Å². The van der Waals surface area contributed by atoms with Gasteiger partial charge in [-0.1, -0.05) is 147 Å². The van der Waals surface area contributed by atoms with Crippen LogP contribution in [0.1, 0.15) is 22.3 Å².